The molecule has 26 heavy (non-hydrogen) atoms. The second-order valence-corrected chi connectivity index (χ2v) is 6.39. The van der Waals surface area contributed by atoms with Crippen molar-refractivity contribution in [1.29, 1.82) is 0 Å². The molecular formula is C20H17ClN2O3. The summed E-state index contributed by atoms with van der Waals surface area (Å²) in [5.41, 5.74) is 5.60. The van der Waals surface area contributed by atoms with Gasteiger partial charge in [0, 0.05) is 22.0 Å². The van der Waals surface area contributed by atoms with E-state index in [4.69, 9.17) is 16.0 Å². The van der Waals surface area contributed by atoms with Gasteiger partial charge in [-0.3, -0.25) is 4.79 Å². The molecule has 1 aromatic heterocycles. The molecule has 5 nitrogen and oxygen atoms in total. The first-order valence-corrected chi connectivity index (χ1v) is 8.43. The number of rotatable bonds is 4. The van der Waals surface area contributed by atoms with Gasteiger partial charge in [-0.05, 0) is 36.6 Å². The van der Waals surface area contributed by atoms with E-state index in [1.54, 1.807) is 12.1 Å². The van der Waals surface area contributed by atoms with Gasteiger partial charge < -0.3 is 4.42 Å². The van der Waals surface area contributed by atoms with Crippen molar-refractivity contribution < 1.29 is 9.21 Å². The minimum Gasteiger partial charge on any atom is -0.422 e. The van der Waals surface area contributed by atoms with Crippen LogP contribution in [0.5, 0.6) is 0 Å². The van der Waals surface area contributed by atoms with Crippen LogP contribution >= 0.6 is 11.6 Å². The van der Waals surface area contributed by atoms with Crippen LogP contribution in [0.25, 0.3) is 11.0 Å². The van der Waals surface area contributed by atoms with E-state index < -0.39 is 5.63 Å². The Kier molecular flexibility index (Phi) is 5.19. The lowest BCUT2D eigenvalue weighted by molar-refractivity contribution is -0.120. The molecule has 0 aliphatic rings. The smallest absolute Gasteiger partial charge is 0.336 e. The Morgan fingerprint density at radius 2 is 1.92 bits per heavy atom. The first-order valence-electron chi connectivity index (χ1n) is 8.05. The Bertz CT molecular complexity index is 1070. The number of aryl methyl sites for hydroxylation is 2. The van der Waals surface area contributed by atoms with Gasteiger partial charge in [-0.15, -0.1) is 0 Å². The predicted octanol–water partition coefficient (Wildman–Crippen LogP) is 3.76. The summed E-state index contributed by atoms with van der Waals surface area (Å²) in [5.74, 6) is -0.332. The van der Waals surface area contributed by atoms with Crippen molar-refractivity contribution in [3.05, 3.63) is 80.2 Å². The first-order chi connectivity index (χ1) is 12.5. The van der Waals surface area contributed by atoms with Gasteiger partial charge in [0.25, 0.3) is 0 Å². The Morgan fingerprint density at radius 3 is 2.69 bits per heavy atom. The largest absolute Gasteiger partial charge is 0.422 e. The lowest BCUT2D eigenvalue weighted by atomic mass is 10.00. The van der Waals surface area contributed by atoms with E-state index in [1.165, 1.54) is 12.3 Å². The number of hydrogen-bond acceptors (Lipinski definition) is 4. The summed E-state index contributed by atoms with van der Waals surface area (Å²) in [6.07, 6.45) is 1.50. The van der Waals surface area contributed by atoms with Gasteiger partial charge in [0.15, 0.2) is 0 Å². The highest BCUT2D eigenvalue weighted by Gasteiger charge is 2.13. The third-order valence-corrected chi connectivity index (χ3v) is 4.37. The van der Waals surface area contributed by atoms with Gasteiger partial charge in [0.05, 0.1) is 12.6 Å². The van der Waals surface area contributed by atoms with Crippen molar-refractivity contribution in [2.75, 3.05) is 0 Å². The predicted molar refractivity (Wildman–Crippen MR) is 103 cm³/mol. The van der Waals surface area contributed by atoms with Crippen LogP contribution in [0, 0.1) is 13.8 Å². The van der Waals surface area contributed by atoms with E-state index in [0.29, 0.717) is 21.7 Å². The lowest BCUT2D eigenvalue weighted by Crippen LogP contribution is -2.20. The second kappa shape index (κ2) is 7.54. The highest BCUT2D eigenvalue weighted by Crippen LogP contribution is 2.24. The van der Waals surface area contributed by atoms with E-state index >= 15 is 0 Å². The molecule has 3 rings (SSSR count). The van der Waals surface area contributed by atoms with Crippen LogP contribution in [0.1, 0.15) is 22.3 Å². The number of carbonyl (C=O) groups is 1. The molecule has 0 spiro atoms. The zero-order chi connectivity index (χ0) is 18.7. The average molecular weight is 369 g/mol. The van der Waals surface area contributed by atoms with Crippen molar-refractivity contribution in [3.8, 4) is 0 Å². The van der Waals surface area contributed by atoms with E-state index in [1.807, 2.05) is 38.1 Å². The number of halogens is 1. The van der Waals surface area contributed by atoms with Crippen LogP contribution in [0.3, 0.4) is 0 Å². The fourth-order valence-corrected chi connectivity index (χ4v) is 2.95. The summed E-state index contributed by atoms with van der Waals surface area (Å²) in [4.78, 5) is 24.1. The fraction of sp³-hybridized carbons (Fsp3) is 0.150. The van der Waals surface area contributed by atoms with E-state index in [-0.39, 0.29) is 12.3 Å². The highest BCUT2D eigenvalue weighted by atomic mass is 35.5. The van der Waals surface area contributed by atoms with Gasteiger partial charge in [0.1, 0.15) is 5.58 Å². The van der Waals surface area contributed by atoms with Gasteiger partial charge in [-0.1, -0.05) is 41.9 Å². The molecule has 6 heteroatoms. The number of nitrogens with one attached hydrogen (secondary N) is 1. The highest BCUT2D eigenvalue weighted by molar-refractivity contribution is 6.33. The van der Waals surface area contributed by atoms with Crippen molar-refractivity contribution in [1.82, 2.24) is 5.43 Å². The van der Waals surface area contributed by atoms with Gasteiger partial charge in [-0.2, -0.15) is 5.10 Å². The molecule has 1 amide bonds. The molecule has 0 saturated heterocycles. The molecular weight excluding hydrogens is 352 g/mol. The zero-order valence-electron chi connectivity index (χ0n) is 14.4. The van der Waals surface area contributed by atoms with Crippen LogP contribution in [-0.4, -0.2) is 12.1 Å². The maximum Gasteiger partial charge on any atom is 0.336 e. The average Bonchev–Trinajstić information content (AvgIpc) is 2.59. The summed E-state index contributed by atoms with van der Waals surface area (Å²) in [5, 5.41) is 5.26. The van der Waals surface area contributed by atoms with E-state index in [9.17, 15) is 9.59 Å². The Hall–Kier alpha value is -2.92. The number of benzene rings is 2. The number of nitrogens with zero attached hydrogens (tertiary/aromatic N) is 1. The van der Waals surface area contributed by atoms with Crippen LogP contribution < -0.4 is 11.1 Å². The lowest BCUT2D eigenvalue weighted by Gasteiger charge is -2.09. The summed E-state index contributed by atoms with van der Waals surface area (Å²) >= 11 is 6.04. The molecule has 2 aromatic carbocycles. The van der Waals surface area contributed by atoms with Crippen molar-refractivity contribution >= 4 is 34.7 Å². The monoisotopic (exact) mass is 368 g/mol. The van der Waals surface area contributed by atoms with Gasteiger partial charge in [-0.25, -0.2) is 10.2 Å². The summed E-state index contributed by atoms with van der Waals surface area (Å²) < 4.78 is 5.32. The Labute approximate surface area is 155 Å². The molecule has 0 radical (unpaired) electrons. The number of hydrogen-bond donors (Lipinski definition) is 1. The third-order valence-electron chi connectivity index (χ3n) is 4.03. The summed E-state index contributed by atoms with van der Waals surface area (Å²) in [7, 11) is 0. The third kappa shape index (κ3) is 3.83. The minimum absolute atomic E-state index is 0.0201. The quantitative estimate of drug-likeness (QED) is 0.433. The van der Waals surface area contributed by atoms with Crippen molar-refractivity contribution in [2.24, 2.45) is 5.10 Å². The Balaban J connectivity index is 1.83. The van der Waals surface area contributed by atoms with Gasteiger partial charge >= 0.3 is 5.63 Å². The topological polar surface area (TPSA) is 71.7 Å². The molecule has 132 valence electrons. The normalized spacial score (nSPS) is 11.2. The Morgan fingerprint density at radius 1 is 1.19 bits per heavy atom. The van der Waals surface area contributed by atoms with Crippen LogP contribution in [0.4, 0.5) is 0 Å². The number of amides is 1. The SMILES string of the molecule is Cc1ccc(C)c2c(CC(=O)N/N=C/c3ccccc3Cl)cc(=O)oc12. The first kappa shape index (κ1) is 17.9. The van der Waals surface area contributed by atoms with E-state index in [2.05, 4.69) is 10.5 Å². The molecule has 1 heterocycles. The van der Waals surface area contributed by atoms with Crippen molar-refractivity contribution in [3.63, 3.8) is 0 Å². The molecule has 0 saturated carbocycles. The number of hydrazone groups is 1. The van der Waals surface area contributed by atoms with Crippen molar-refractivity contribution in [2.45, 2.75) is 20.3 Å². The maximum absolute atomic E-state index is 12.2. The molecule has 0 aliphatic heterocycles. The van der Waals surface area contributed by atoms with Crippen LogP contribution in [-0.2, 0) is 11.2 Å². The van der Waals surface area contributed by atoms with Crippen LogP contribution in [0.2, 0.25) is 5.02 Å². The number of fused-ring (bicyclic) bond motifs is 1. The summed E-state index contributed by atoms with van der Waals surface area (Å²) in [6, 6.07) is 12.4. The maximum atomic E-state index is 12.2. The molecule has 0 atom stereocenters. The minimum atomic E-state index is -0.478. The summed E-state index contributed by atoms with van der Waals surface area (Å²) in [6.45, 7) is 3.78. The second-order valence-electron chi connectivity index (χ2n) is 5.99. The fourth-order valence-electron chi connectivity index (χ4n) is 2.77. The van der Waals surface area contributed by atoms with Crippen LogP contribution in [0.15, 0.2) is 56.8 Å². The molecule has 3 aromatic rings. The zero-order valence-corrected chi connectivity index (χ0v) is 15.1. The molecule has 1 N–H and O–H groups in total. The molecule has 0 bridgehead atoms. The standard InChI is InChI=1S/C20H17ClN2O3/c1-12-7-8-13(2)20-19(12)15(10-18(25)26-20)9-17(24)23-22-11-14-5-3-4-6-16(14)21/h3-8,10-11H,9H2,1-2H3,(H,23,24)/b22-11+. The number of carbonyl (C=O) groups excluding carboxylic acids is 1. The van der Waals surface area contributed by atoms with Gasteiger partial charge in [0.2, 0.25) is 5.91 Å². The molecule has 0 unspecified atom stereocenters. The molecule has 0 fully saturated rings. The van der Waals surface area contributed by atoms with E-state index in [0.717, 1.165) is 16.5 Å². The molecule has 0 aliphatic carbocycles.